The molecule has 1 aromatic heterocycles. The molecule has 0 aliphatic heterocycles. The molecule has 1 N–H and O–H groups in total. The molecule has 1 heterocycles. The lowest BCUT2D eigenvalue weighted by atomic mass is 10.3. The normalized spacial score (nSPS) is 12.4. The number of imidazole rings is 1. The van der Waals surface area contributed by atoms with Crippen molar-refractivity contribution in [2.75, 3.05) is 19.0 Å². The number of ether oxygens (including phenoxy) is 1. The van der Waals surface area contributed by atoms with Crippen molar-refractivity contribution in [1.29, 1.82) is 0 Å². The highest BCUT2D eigenvalue weighted by molar-refractivity contribution is 6.31. The van der Waals surface area contributed by atoms with Gasteiger partial charge in [0.1, 0.15) is 0 Å². The Morgan fingerprint density at radius 2 is 2.32 bits per heavy atom. The highest BCUT2D eigenvalue weighted by Gasteiger charge is 2.12. The summed E-state index contributed by atoms with van der Waals surface area (Å²) in [6, 6.07) is 4.89. The van der Waals surface area contributed by atoms with Gasteiger partial charge in [0.25, 0.3) is 0 Å². The van der Waals surface area contributed by atoms with Crippen molar-refractivity contribution >= 4 is 23.2 Å². The topological polar surface area (TPSA) is 39.1 Å². The summed E-state index contributed by atoms with van der Waals surface area (Å²) in [5, 5.41) is 3.01. The van der Waals surface area contributed by atoms with E-state index in [0.29, 0.717) is 18.2 Å². The van der Waals surface area contributed by atoms with Crippen LogP contribution in [-0.2, 0) is 4.74 Å². The molecule has 2 aromatic rings. The third kappa shape index (κ3) is 3.05. The number of rotatable bonds is 5. The van der Waals surface area contributed by atoms with Gasteiger partial charge in [-0.2, -0.15) is 0 Å². The molecule has 0 saturated heterocycles. The van der Waals surface area contributed by atoms with E-state index in [1.165, 1.54) is 6.07 Å². The first kappa shape index (κ1) is 13.8. The Morgan fingerprint density at radius 3 is 3.05 bits per heavy atom. The van der Waals surface area contributed by atoms with Gasteiger partial charge in [0.05, 0.1) is 23.4 Å². The van der Waals surface area contributed by atoms with Crippen molar-refractivity contribution in [3.8, 4) is 0 Å². The summed E-state index contributed by atoms with van der Waals surface area (Å²) in [5.41, 5.74) is 0.296. The molecule has 0 radical (unpaired) electrons. The van der Waals surface area contributed by atoms with Crippen molar-refractivity contribution in [3.05, 3.63) is 41.4 Å². The lowest BCUT2D eigenvalue weighted by Gasteiger charge is -2.16. The molecule has 0 bridgehead atoms. The minimum atomic E-state index is -0.488. The van der Waals surface area contributed by atoms with Crippen LogP contribution in [0.1, 0.15) is 13.0 Å². The molecular formula is C13H15ClFN3O. The van der Waals surface area contributed by atoms with Crippen LogP contribution in [0, 0.1) is 5.82 Å². The van der Waals surface area contributed by atoms with Gasteiger partial charge >= 0.3 is 0 Å². The maximum Gasteiger partial charge on any atom is 0.207 e. The van der Waals surface area contributed by atoms with Crippen molar-refractivity contribution in [1.82, 2.24) is 9.55 Å². The minimum absolute atomic E-state index is 0.0769. The lowest BCUT2D eigenvalue weighted by molar-refractivity contribution is 0.163. The highest BCUT2D eigenvalue weighted by atomic mass is 35.5. The molecule has 2 rings (SSSR count). The van der Waals surface area contributed by atoms with Gasteiger partial charge in [0, 0.05) is 19.5 Å². The van der Waals surface area contributed by atoms with Crippen LogP contribution in [0.4, 0.5) is 16.0 Å². The Morgan fingerprint density at radius 1 is 1.53 bits per heavy atom. The van der Waals surface area contributed by atoms with Gasteiger partial charge in [-0.05, 0) is 19.1 Å². The number of benzene rings is 1. The third-order valence-corrected chi connectivity index (χ3v) is 3.04. The van der Waals surface area contributed by atoms with E-state index in [4.69, 9.17) is 16.3 Å². The van der Waals surface area contributed by atoms with E-state index in [2.05, 4.69) is 10.3 Å². The van der Waals surface area contributed by atoms with Crippen LogP contribution in [0.15, 0.2) is 30.6 Å². The third-order valence-electron chi connectivity index (χ3n) is 2.75. The fourth-order valence-corrected chi connectivity index (χ4v) is 1.98. The number of anilines is 2. The lowest BCUT2D eigenvalue weighted by Crippen LogP contribution is -2.13. The summed E-state index contributed by atoms with van der Waals surface area (Å²) in [6.07, 6.45) is 3.46. The Hall–Kier alpha value is -1.59. The van der Waals surface area contributed by atoms with Crippen LogP contribution in [0.2, 0.25) is 5.02 Å². The monoisotopic (exact) mass is 283 g/mol. The number of halogens is 2. The van der Waals surface area contributed by atoms with Gasteiger partial charge < -0.3 is 14.6 Å². The molecule has 0 aliphatic carbocycles. The first-order chi connectivity index (χ1) is 9.13. The fraction of sp³-hybridized carbons (Fsp3) is 0.308. The Bertz CT molecular complexity index is 559. The zero-order chi connectivity index (χ0) is 13.8. The fourth-order valence-electron chi connectivity index (χ4n) is 1.81. The SMILES string of the molecule is COCC(C)n1ccnc1Nc1cccc(Cl)c1F. The second-order valence-electron chi connectivity index (χ2n) is 4.19. The molecule has 0 fully saturated rings. The van der Waals surface area contributed by atoms with Crippen molar-refractivity contribution < 1.29 is 9.13 Å². The largest absolute Gasteiger partial charge is 0.383 e. The van der Waals surface area contributed by atoms with Crippen LogP contribution < -0.4 is 5.32 Å². The number of hydrogen-bond acceptors (Lipinski definition) is 3. The van der Waals surface area contributed by atoms with Crippen LogP contribution in [0.25, 0.3) is 0 Å². The quantitative estimate of drug-likeness (QED) is 0.911. The molecular weight excluding hydrogens is 269 g/mol. The molecule has 0 spiro atoms. The number of nitrogens with zero attached hydrogens (tertiary/aromatic N) is 2. The molecule has 0 amide bonds. The van der Waals surface area contributed by atoms with E-state index < -0.39 is 5.82 Å². The summed E-state index contributed by atoms with van der Waals surface area (Å²) < 4.78 is 20.8. The summed E-state index contributed by atoms with van der Waals surface area (Å²) >= 11 is 5.74. The molecule has 1 atom stereocenters. The van der Waals surface area contributed by atoms with Gasteiger partial charge in [-0.1, -0.05) is 17.7 Å². The van der Waals surface area contributed by atoms with Crippen molar-refractivity contribution in [3.63, 3.8) is 0 Å². The van der Waals surface area contributed by atoms with E-state index in [9.17, 15) is 4.39 Å². The highest BCUT2D eigenvalue weighted by Crippen LogP contribution is 2.25. The van der Waals surface area contributed by atoms with Crippen LogP contribution in [0.3, 0.4) is 0 Å². The molecule has 1 unspecified atom stereocenters. The second kappa shape index (κ2) is 6.04. The summed E-state index contributed by atoms with van der Waals surface area (Å²) in [6.45, 7) is 2.54. The van der Waals surface area contributed by atoms with Gasteiger partial charge in [-0.15, -0.1) is 0 Å². The molecule has 6 heteroatoms. The standard InChI is InChI=1S/C13H15ClFN3O/c1-9(8-19-2)18-7-6-16-13(18)17-11-5-3-4-10(14)12(11)15/h3-7,9H,8H2,1-2H3,(H,16,17). The average molecular weight is 284 g/mol. The average Bonchev–Trinajstić information content (AvgIpc) is 2.83. The minimum Gasteiger partial charge on any atom is -0.383 e. The van der Waals surface area contributed by atoms with E-state index in [-0.39, 0.29) is 11.1 Å². The molecule has 0 saturated carbocycles. The zero-order valence-electron chi connectivity index (χ0n) is 10.7. The maximum absolute atomic E-state index is 13.8. The summed E-state index contributed by atoms with van der Waals surface area (Å²) in [7, 11) is 1.64. The van der Waals surface area contributed by atoms with Crippen LogP contribution in [0.5, 0.6) is 0 Å². The Kier molecular flexibility index (Phi) is 4.39. The van der Waals surface area contributed by atoms with Crippen LogP contribution in [-0.4, -0.2) is 23.3 Å². The summed E-state index contributed by atoms with van der Waals surface area (Å²) in [5.74, 6) is 0.0591. The van der Waals surface area contributed by atoms with Crippen LogP contribution >= 0.6 is 11.6 Å². The van der Waals surface area contributed by atoms with Gasteiger partial charge in [-0.3, -0.25) is 0 Å². The molecule has 4 nitrogen and oxygen atoms in total. The second-order valence-corrected chi connectivity index (χ2v) is 4.60. The zero-order valence-corrected chi connectivity index (χ0v) is 11.5. The smallest absolute Gasteiger partial charge is 0.207 e. The van der Waals surface area contributed by atoms with Gasteiger partial charge in [0.15, 0.2) is 5.82 Å². The van der Waals surface area contributed by atoms with Gasteiger partial charge in [0.2, 0.25) is 5.95 Å². The Balaban J connectivity index is 2.24. The van der Waals surface area contributed by atoms with Gasteiger partial charge in [-0.25, -0.2) is 9.37 Å². The number of methoxy groups -OCH3 is 1. The molecule has 0 aliphatic rings. The van der Waals surface area contributed by atoms with E-state index >= 15 is 0 Å². The number of aromatic nitrogens is 2. The first-order valence-corrected chi connectivity index (χ1v) is 6.24. The number of hydrogen-bond donors (Lipinski definition) is 1. The van der Waals surface area contributed by atoms with Crippen molar-refractivity contribution in [2.45, 2.75) is 13.0 Å². The van der Waals surface area contributed by atoms with E-state index in [1.807, 2.05) is 17.7 Å². The predicted octanol–water partition coefficient (Wildman–Crippen LogP) is 3.63. The first-order valence-electron chi connectivity index (χ1n) is 5.86. The summed E-state index contributed by atoms with van der Waals surface area (Å²) in [4.78, 5) is 4.17. The number of nitrogens with one attached hydrogen (secondary N) is 1. The molecule has 19 heavy (non-hydrogen) atoms. The Labute approximate surface area is 116 Å². The van der Waals surface area contributed by atoms with E-state index in [1.54, 1.807) is 25.4 Å². The maximum atomic E-state index is 13.8. The van der Waals surface area contributed by atoms with E-state index in [0.717, 1.165) is 0 Å². The van der Waals surface area contributed by atoms with Crippen molar-refractivity contribution in [2.24, 2.45) is 0 Å². The molecule has 1 aromatic carbocycles. The molecule has 102 valence electrons. The predicted molar refractivity (Wildman–Crippen MR) is 73.5 cm³/mol.